The van der Waals surface area contributed by atoms with E-state index in [1.807, 2.05) is 0 Å². The van der Waals surface area contributed by atoms with Gasteiger partial charge in [-0.3, -0.25) is 19.1 Å². The van der Waals surface area contributed by atoms with Crippen molar-refractivity contribution in [2.45, 2.75) is 25.8 Å². The Morgan fingerprint density at radius 3 is 2.78 bits per heavy atom. The molecule has 0 saturated heterocycles. The molecule has 2 heterocycles. The van der Waals surface area contributed by atoms with Gasteiger partial charge in [-0.1, -0.05) is 0 Å². The first-order valence-corrected chi connectivity index (χ1v) is 8.18. The molecule has 0 saturated carbocycles. The maximum Gasteiger partial charge on any atom is 0.329 e. The average Bonchev–Trinajstić information content (AvgIpc) is 3.08. The normalized spacial score (nSPS) is 12.4. The number of primary amides is 1. The molecule has 9 heteroatoms. The maximum atomic E-state index is 12.9. The lowest BCUT2D eigenvalue weighted by Gasteiger charge is -2.02. The van der Waals surface area contributed by atoms with Gasteiger partial charge in [-0.05, 0) is 42.5 Å². The molecule has 2 aromatic heterocycles. The summed E-state index contributed by atoms with van der Waals surface area (Å²) >= 11 is 0. The summed E-state index contributed by atoms with van der Waals surface area (Å²) in [6, 6.07) is 3.91. The van der Waals surface area contributed by atoms with E-state index in [0.29, 0.717) is 11.1 Å². The SMILES string of the molecule is Fc1cc(F)c2c(c1)CCC2.NC(=O)Cn1c(=O)[nH]c2ccncc2c1=O. The second kappa shape index (κ2) is 7.48. The highest BCUT2D eigenvalue weighted by atomic mass is 19.1. The number of pyridine rings is 1. The zero-order chi connectivity index (χ0) is 19.6. The number of nitrogens with zero attached hydrogens (tertiary/aromatic N) is 2. The van der Waals surface area contributed by atoms with Crippen LogP contribution in [-0.4, -0.2) is 20.4 Å². The summed E-state index contributed by atoms with van der Waals surface area (Å²) in [5.74, 6) is -1.59. The minimum Gasteiger partial charge on any atom is -0.368 e. The van der Waals surface area contributed by atoms with Crippen LogP contribution >= 0.6 is 0 Å². The smallest absolute Gasteiger partial charge is 0.329 e. The molecular weight excluding hydrogens is 358 g/mol. The number of carbonyl (C=O) groups is 1. The van der Waals surface area contributed by atoms with Crippen LogP contribution in [0, 0.1) is 11.6 Å². The van der Waals surface area contributed by atoms with Gasteiger partial charge in [0, 0.05) is 18.5 Å². The lowest BCUT2D eigenvalue weighted by atomic mass is 10.1. The second-order valence-corrected chi connectivity index (χ2v) is 6.09. The van der Waals surface area contributed by atoms with Crippen LogP contribution in [0.3, 0.4) is 0 Å². The third-order valence-corrected chi connectivity index (χ3v) is 4.22. The van der Waals surface area contributed by atoms with Crippen LogP contribution in [0.15, 0.2) is 40.2 Å². The summed E-state index contributed by atoms with van der Waals surface area (Å²) in [5.41, 5.74) is 5.64. The molecule has 140 valence electrons. The number of aryl methyl sites for hydroxylation is 1. The van der Waals surface area contributed by atoms with Crippen LogP contribution in [0.2, 0.25) is 0 Å². The van der Waals surface area contributed by atoms with E-state index in [2.05, 4.69) is 9.97 Å². The standard InChI is InChI=1S/C9H8F2.C9H8N4O3/c10-7-4-6-2-1-3-8(6)9(11)5-7;10-7(14)4-13-8(15)5-3-11-2-1-6(5)12-9(13)16/h4-5H,1-3H2;1-3H,4H2,(H2,10,14)(H,12,16). The Morgan fingerprint density at radius 2 is 2.04 bits per heavy atom. The number of nitrogens with two attached hydrogens (primary N) is 1. The van der Waals surface area contributed by atoms with Gasteiger partial charge in [0.2, 0.25) is 5.91 Å². The first-order valence-electron chi connectivity index (χ1n) is 8.18. The molecule has 0 atom stereocenters. The van der Waals surface area contributed by atoms with Crippen LogP contribution in [0.4, 0.5) is 8.78 Å². The first-order chi connectivity index (χ1) is 12.9. The summed E-state index contributed by atoms with van der Waals surface area (Å²) < 4.78 is 26.2. The van der Waals surface area contributed by atoms with E-state index in [-0.39, 0.29) is 11.2 Å². The Bertz CT molecular complexity index is 1140. The zero-order valence-electron chi connectivity index (χ0n) is 14.2. The van der Waals surface area contributed by atoms with Gasteiger partial charge in [0.05, 0.1) is 10.9 Å². The van der Waals surface area contributed by atoms with Crippen molar-refractivity contribution in [1.29, 1.82) is 0 Å². The quantitative estimate of drug-likeness (QED) is 0.698. The Labute approximate surface area is 151 Å². The Morgan fingerprint density at radius 1 is 1.26 bits per heavy atom. The summed E-state index contributed by atoms with van der Waals surface area (Å²) in [6.45, 7) is -0.445. The van der Waals surface area contributed by atoms with Crippen molar-refractivity contribution in [2.75, 3.05) is 0 Å². The third kappa shape index (κ3) is 3.91. The fraction of sp³-hybridized carbons (Fsp3) is 0.222. The topological polar surface area (TPSA) is 111 Å². The van der Waals surface area contributed by atoms with E-state index >= 15 is 0 Å². The molecule has 0 bridgehead atoms. The Hall–Kier alpha value is -3.36. The van der Waals surface area contributed by atoms with E-state index in [4.69, 9.17) is 5.73 Å². The molecular formula is C18H16F2N4O3. The number of amides is 1. The third-order valence-electron chi connectivity index (χ3n) is 4.22. The van der Waals surface area contributed by atoms with Crippen molar-refractivity contribution in [3.05, 3.63) is 74.2 Å². The number of fused-ring (bicyclic) bond motifs is 2. The molecule has 1 amide bonds. The number of hydrogen-bond acceptors (Lipinski definition) is 4. The summed E-state index contributed by atoms with van der Waals surface area (Å²) in [6.07, 6.45) is 5.32. The molecule has 1 aromatic carbocycles. The van der Waals surface area contributed by atoms with Gasteiger partial charge in [-0.25, -0.2) is 13.6 Å². The molecule has 1 aliphatic rings. The molecule has 0 fully saturated rings. The number of aromatic amines is 1. The highest BCUT2D eigenvalue weighted by molar-refractivity contribution is 5.77. The van der Waals surface area contributed by atoms with Gasteiger partial charge in [-0.15, -0.1) is 0 Å². The van der Waals surface area contributed by atoms with Gasteiger partial charge in [-0.2, -0.15) is 0 Å². The van der Waals surface area contributed by atoms with Crippen molar-refractivity contribution >= 4 is 16.8 Å². The number of H-pyrrole nitrogens is 1. The first kappa shape index (κ1) is 18.4. The lowest BCUT2D eigenvalue weighted by molar-refractivity contribution is -0.118. The van der Waals surface area contributed by atoms with Crippen LogP contribution in [0.1, 0.15) is 17.5 Å². The highest BCUT2D eigenvalue weighted by Crippen LogP contribution is 2.25. The van der Waals surface area contributed by atoms with Gasteiger partial charge in [0.15, 0.2) is 0 Å². The molecule has 27 heavy (non-hydrogen) atoms. The number of nitrogens with one attached hydrogen (secondary N) is 1. The van der Waals surface area contributed by atoms with Crippen molar-refractivity contribution in [2.24, 2.45) is 5.73 Å². The number of rotatable bonds is 2. The predicted octanol–water partition coefficient (Wildman–Crippen LogP) is 1.02. The molecule has 0 unspecified atom stereocenters. The Balaban J connectivity index is 0.000000166. The van der Waals surface area contributed by atoms with Crippen molar-refractivity contribution in [3.8, 4) is 0 Å². The van der Waals surface area contributed by atoms with E-state index in [1.54, 1.807) is 0 Å². The molecule has 3 aromatic rings. The van der Waals surface area contributed by atoms with Gasteiger partial charge < -0.3 is 10.7 Å². The van der Waals surface area contributed by atoms with E-state index in [0.717, 1.165) is 35.5 Å². The van der Waals surface area contributed by atoms with Gasteiger partial charge in [0.1, 0.15) is 18.2 Å². The molecule has 0 radical (unpaired) electrons. The number of benzene rings is 1. The number of carbonyl (C=O) groups excluding carboxylic acids is 1. The fourth-order valence-electron chi connectivity index (χ4n) is 3.01. The minimum atomic E-state index is -0.754. The fourth-order valence-corrected chi connectivity index (χ4v) is 3.01. The lowest BCUT2D eigenvalue weighted by Crippen LogP contribution is -2.39. The van der Waals surface area contributed by atoms with E-state index < -0.39 is 29.5 Å². The van der Waals surface area contributed by atoms with Crippen LogP contribution in [0.5, 0.6) is 0 Å². The van der Waals surface area contributed by atoms with Crippen LogP contribution in [0.25, 0.3) is 10.9 Å². The van der Waals surface area contributed by atoms with Gasteiger partial charge >= 0.3 is 5.69 Å². The molecule has 4 rings (SSSR count). The maximum absolute atomic E-state index is 12.9. The zero-order valence-corrected chi connectivity index (χ0v) is 14.2. The number of halogens is 2. The van der Waals surface area contributed by atoms with Gasteiger partial charge in [0.25, 0.3) is 5.56 Å². The van der Waals surface area contributed by atoms with E-state index in [9.17, 15) is 23.2 Å². The monoisotopic (exact) mass is 374 g/mol. The summed E-state index contributed by atoms with van der Waals surface area (Å²) in [5, 5.41) is 0.239. The largest absolute Gasteiger partial charge is 0.368 e. The number of hydrogen-bond donors (Lipinski definition) is 2. The molecule has 1 aliphatic carbocycles. The molecule has 7 nitrogen and oxygen atoms in total. The molecule has 0 spiro atoms. The molecule has 3 N–H and O–H groups in total. The predicted molar refractivity (Wildman–Crippen MR) is 94.2 cm³/mol. The Kier molecular flexibility index (Phi) is 5.11. The number of aromatic nitrogens is 3. The van der Waals surface area contributed by atoms with Crippen molar-refractivity contribution in [3.63, 3.8) is 0 Å². The highest BCUT2D eigenvalue weighted by Gasteiger charge is 2.15. The molecule has 0 aliphatic heterocycles. The van der Waals surface area contributed by atoms with E-state index in [1.165, 1.54) is 24.5 Å². The average molecular weight is 374 g/mol. The second-order valence-electron chi connectivity index (χ2n) is 6.09. The van der Waals surface area contributed by atoms with Crippen molar-refractivity contribution in [1.82, 2.24) is 14.5 Å². The van der Waals surface area contributed by atoms with Crippen molar-refractivity contribution < 1.29 is 13.6 Å². The summed E-state index contributed by atoms with van der Waals surface area (Å²) in [4.78, 5) is 40.2. The minimum absolute atomic E-state index is 0.239. The summed E-state index contributed by atoms with van der Waals surface area (Å²) in [7, 11) is 0. The van der Waals surface area contributed by atoms with Crippen LogP contribution in [-0.2, 0) is 24.2 Å². The van der Waals surface area contributed by atoms with Crippen LogP contribution < -0.4 is 17.0 Å².